The van der Waals surface area contributed by atoms with E-state index in [0.29, 0.717) is 31.9 Å². The molecule has 0 saturated carbocycles. The van der Waals surface area contributed by atoms with E-state index < -0.39 is 10.0 Å². The molecule has 0 unspecified atom stereocenters. The first-order valence-electron chi connectivity index (χ1n) is 10.8. The van der Waals surface area contributed by atoms with Gasteiger partial charge in [0.25, 0.3) is 0 Å². The minimum absolute atomic E-state index is 0. The second-order valence-electron chi connectivity index (χ2n) is 7.89. The van der Waals surface area contributed by atoms with Crippen molar-refractivity contribution >= 4 is 40.0 Å². The molecule has 2 aromatic rings. The first-order valence-corrected chi connectivity index (χ1v) is 12.4. The monoisotopic (exact) mass is 575 g/mol. The number of hydrogen-bond donors (Lipinski definition) is 1. The predicted octanol–water partition coefficient (Wildman–Crippen LogP) is 3.07. The third kappa shape index (κ3) is 6.22. The summed E-state index contributed by atoms with van der Waals surface area (Å²) in [6, 6.07) is 12.2. The van der Waals surface area contributed by atoms with Gasteiger partial charge in [-0.2, -0.15) is 4.31 Å². The van der Waals surface area contributed by atoms with Crippen LogP contribution in [0.15, 0.2) is 52.2 Å². The number of halogens is 1. The number of aliphatic imine (C=N–C) groups is 1. The van der Waals surface area contributed by atoms with Gasteiger partial charge in [0.1, 0.15) is 12.0 Å². The molecule has 1 aromatic heterocycles. The first-order chi connectivity index (χ1) is 14.9. The second kappa shape index (κ2) is 12.0. The number of guanidine groups is 1. The molecule has 1 aromatic carbocycles. The molecule has 1 N–H and O–H groups in total. The van der Waals surface area contributed by atoms with E-state index in [-0.39, 0.29) is 35.1 Å². The van der Waals surface area contributed by atoms with Gasteiger partial charge in [-0.15, -0.1) is 24.0 Å². The van der Waals surface area contributed by atoms with Crippen LogP contribution in [0.3, 0.4) is 0 Å². The van der Waals surface area contributed by atoms with E-state index in [9.17, 15) is 8.42 Å². The average Bonchev–Trinajstić information content (AvgIpc) is 3.30. The molecule has 1 saturated heterocycles. The molecule has 3 rings (SSSR count). The maximum absolute atomic E-state index is 12.7. The number of rotatable bonds is 8. The molecule has 1 aliphatic heterocycles. The molecule has 0 aliphatic carbocycles. The smallest absolute Gasteiger partial charge is 0.220 e. The number of aromatic nitrogens is 1. The van der Waals surface area contributed by atoms with Gasteiger partial charge in [0.15, 0.2) is 5.96 Å². The quantitative estimate of drug-likeness (QED) is 0.296. The van der Waals surface area contributed by atoms with E-state index in [4.69, 9.17) is 4.52 Å². The van der Waals surface area contributed by atoms with E-state index in [1.807, 2.05) is 6.07 Å². The van der Waals surface area contributed by atoms with Crippen LogP contribution < -0.4 is 5.32 Å². The summed E-state index contributed by atoms with van der Waals surface area (Å²) in [5.41, 5.74) is 1.78. The van der Waals surface area contributed by atoms with Crippen molar-refractivity contribution < 1.29 is 12.9 Å². The van der Waals surface area contributed by atoms with Crippen LogP contribution in [0.4, 0.5) is 0 Å². The molecule has 0 bridgehead atoms. The third-order valence-corrected chi connectivity index (χ3v) is 8.10. The Kier molecular flexibility index (Phi) is 9.96. The summed E-state index contributed by atoms with van der Waals surface area (Å²) in [5.74, 6) is 0.680. The lowest BCUT2D eigenvalue weighted by Gasteiger charge is -2.38. The summed E-state index contributed by atoms with van der Waals surface area (Å²) < 4.78 is 31.6. The number of nitrogens with zero attached hydrogens (tertiary/aromatic N) is 4. The highest BCUT2D eigenvalue weighted by Gasteiger charge is 2.31. The minimum Gasteiger partial charge on any atom is -0.364 e. The van der Waals surface area contributed by atoms with Crippen molar-refractivity contribution in [3.05, 3.63) is 53.9 Å². The topological polar surface area (TPSA) is 91.0 Å². The molecule has 0 atom stereocenters. The summed E-state index contributed by atoms with van der Waals surface area (Å²) in [4.78, 5) is 6.59. The largest absolute Gasteiger partial charge is 0.364 e. The zero-order valence-corrected chi connectivity index (χ0v) is 22.2. The standard InChI is InChI=1S/C22H33N5O3S.HI/c1-4-22(5-2,19-9-7-6-8-10-19)18-24-21(23-3)26-12-14-27(15-13-26)31(28,29)17-20-11-16-30-25-20;/h6-11,16H,4-5,12-15,17-18H2,1-3H3,(H,23,24);1H. The molecule has 2 heterocycles. The van der Waals surface area contributed by atoms with Crippen molar-refractivity contribution in [3.63, 3.8) is 0 Å². The molecular formula is C22H34IN5O3S. The Bertz CT molecular complexity index is 939. The average molecular weight is 576 g/mol. The van der Waals surface area contributed by atoms with E-state index >= 15 is 0 Å². The van der Waals surface area contributed by atoms with Crippen molar-refractivity contribution in [3.8, 4) is 0 Å². The summed E-state index contributed by atoms with van der Waals surface area (Å²) in [5, 5.41) is 7.28. The second-order valence-corrected chi connectivity index (χ2v) is 9.86. The minimum atomic E-state index is -3.42. The Morgan fingerprint density at radius 3 is 2.31 bits per heavy atom. The number of piperazine rings is 1. The van der Waals surface area contributed by atoms with Crippen LogP contribution >= 0.6 is 24.0 Å². The molecule has 1 fully saturated rings. The lowest BCUT2D eigenvalue weighted by Crippen LogP contribution is -2.55. The van der Waals surface area contributed by atoms with Crippen LogP contribution in [-0.4, -0.2) is 68.5 Å². The van der Waals surface area contributed by atoms with E-state index in [1.165, 1.54) is 16.1 Å². The summed E-state index contributed by atoms with van der Waals surface area (Å²) in [6.07, 6.45) is 3.43. The maximum Gasteiger partial charge on any atom is 0.220 e. The lowest BCUT2D eigenvalue weighted by molar-refractivity contribution is 0.257. The zero-order valence-electron chi connectivity index (χ0n) is 19.0. The van der Waals surface area contributed by atoms with Gasteiger partial charge in [-0.1, -0.05) is 49.3 Å². The van der Waals surface area contributed by atoms with Crippen LogP contribution in [-0.2, 0) is 21.2 Å². The van der Waals surface area contributed by atoms with Crippen molar-refractivity contribution in [2.45, 2.75) is 37.9 Å². The molecule has 8 nitrogen and oxygen atoms in total. The normalized spacial score (nSPS) is 16.0. The van der Waals surface area contributed by atoms with Gasteiger partial charge in [-0.05, 0) is 18.4 Å². The molecule has 0 radical (unpaired) electrons. The van der Waals surface area contributed by atoms with Crippen LogP contribution in [0, 0.1) is 0 Å². The predicted molar refractivity (Wildman–Crippen MR) is 138 cm³/mol. The Balaban J connectivity index is 0.00000363. The molecule has 0 amide bonds. The van der Waals surface area contributed by atoms with Gasteiger partial charge >= 0.3 is 0 Å². The van der Waals surface area contributed by atoms with Crippen molar-refractivity contribution in [2.75, 3.05) is 39.8 Å². The van der Waals surface area contributed by atoms with Gasteiger partial charge in [-0.25, -0.2) is 8.42 Å². The van der Waals surface area contributed by atoms with Crippen LogP contribution in [0.2, 0.25) is 0 Å². The molecule has 32 heavy (non-hydrogen) atoms. The molecule has 0 spiro atoms. The lowest BCUT2D eigenvalue weighted by atomic mass is 9.76. The molecule has 1 aliphatic rings. The van der Waals surface area contributed by atoms with Gasteiger partial charge < -0.3 is 14.7 Å². The van der Waals surface area contributed by atoms with Crippen molar-refractivity contribution in [2.24, 2.45) is 4.99 Å². The zero-order chi connectivity index (χ0) is 22.3. The first kappa shape index (κ1) is 26.6. The fourth-order valence-electron chi connectivity index (χ4n) is 4.15. The van der Waals surface area contributed by atoms with Crippen LogP contribution in [0.5, 0.6) is 0 Å². The fourth-order valence-corrected chi connectivity index (χ4v) is 5.58. The third-order valence-electron chi connectivity index (χ3n) is 6.29. The van der Waals surface area contributed by atoms with Crippen LogP contribution in [0.1, 0.15) is 37.9 Å². The summed E-state index contributed by atoms with van der Waals surface area (Å²) in [7, 11) is -1.64. The van der Waals surface area contributed by atoms with Gasteiger partial charge in [0.05, 0.1) is 5.69 Å². The highest BCUT2D eigenvalue weighted by Crippen LogP contribution is 2.31. The van der Waals surface area contributed by atoms with E-state index in [0.717, 1.165) is 25.3 Å². The fraction of sp³-hybridized carbons (Fsp3) is 0.545. The summed E-state index contributed by atoms with van der Waals surface area (Å²) in [6.45, 7) is 7.25. The van der Waals surface area contributed by atoms with Gasteiger partial charge in [-0.3, -0.25) is 4.99 Å². The van der Waals surface area contributed by atoms with E-state index in [2.05, 4.69) is 58.5 Å². The number of hydrogen-bond acceptors (Lipinski definition) is 5. The SMILES string of the molecule is CCC(CC)(CNC(=NC)N1CCN(S(=O)(=O)Cc2ccon2)CC1)c1ccccc1.I. The van der Waals surface area contributed by atoms with Crippen molar-refractivity contribution in [1.82, 2.24) is 19.7 Å². The highest BCUT2D eigenvalue weighted by atomic mass is 127. The number of sulfonamides is 1. The Hall–Kier alpha value is -1.66. The Morgan fingerprint density at radius 1 is 1.12 bits per heavy atom. The number of nitrogens with one attached hydrogen (secondary N) is 1. The Labute approximate surface area is 208 Å². The van der Waals surface area contributed by atoms with Gasteiger partial charge in [0.2, 0.25) is 10.0 Å². The molecule has 10 heteroatoms. The van der Waals surface area contributed by atoms with E-state index in [1.54, 1.807) is 13.1 Å². The summed E-state index contributed by atoms with van der Waals surface area (Å²) >= 11 is 0. The van der Waals surface area contributed by atoms with Crippen molar-refractivity contribution in [1.29, 1.82) is 0 Å². The van der Waals surface area contributed by atoms with Gasteiger partial charge in [0, 0.05) is 51.3 Å². The van der Waals surface area contributed by atoms with Crippen LogP contribution in [0.25, 0.3) is 0 Å². The molecular weight excluding hydrogens is 541 g/mol. The molecule has 178 valence electrons. The highest BCUT2D eigenvalue weighted by molar-refractivity contribution is 14.0. The maximum atomic E-state index is 12.7. The Morgan fingerprint density at radius 2 is 1.78 bits per heavy atom. The number of benzene rings is 1.